The lowest BCUT2D eigenvalue weighted by Crippen LogP contribution is -2.07. The van der Waals surface area contributed by atoms with Crippen LogP contribution in [0.4, 0.5) is 0 Å². The van der Waals surface area contributed by atoms with Gasteiger partial charge in [-0.15, -0.1) is 10.2 Å². The Bertz CT molecular complexity index is 484. The maximum atomic E-state index is 9.37. The molecule has 84 valence electrons. The molecule has 1 atom stereocenters. The van der Waals surface area contributed by atoms with Crippen LogP contribution in [-0.2, 0) is 0 Å². The quantitative estimate of drug-likeness (QED) is 0.856. The molecule has 0 spiro atoms. The fraction of sp³-hybridized carbons (Fsp3) is 0.273. The summed E-state index contributed by atoms with van der Waals surface area (Å²) < 4.78 is 0. The van der Waals surface area contributed by atoms with Crippen molar-refractivity contribution in [1.82, 2.24) is 10.2 Å². The second kappa shape index (κ2) is 4.59. The molecule has 2 aromatic rings. The topological polar surface area (TPSA) is 72.0 Å². The van der Waals surface area contributed by atoms with Crippen LogP contribution in [0.2, 0.25) is 0 Å². The number of nitrogens with zero attached hydrogens (tertiary/aromatic N) is 2. The van der Waals surface area contributed by atoms with Crippen molar-refractivity contribution in [3.05, 3.63) is 29.3 Å². The summed E-state index contributed by atoms with van der Waals surface area (Å²) in [4.78, 5) is 0. The van der Waals surface area contributed by atoms with Crippen molar-refractivity contribution in [3.8, 4) is 16.3 Å². The van der Waals surface area contributed by atoms with Crippen LogP contribution >= 0.6 is 11.3 Å². The van der Waals surface area contributed by atoms with Gasteiger partial charge in [-0.3, -0.25) is 0 Å². The summed E-state index contributed by atoms with van der Waals surface area (Å²) in [5.74, 6) is 0.231. The van der Waals surface area contributed by atoms with Crippen LogP contribution in [-0.4, -0.2) is 15.3 Å². The van der Waals surface area contributed by atoms with Gasteiger partial charge in [0.05, 0.1) is 6.04 Å². The van der Waals surface area contributed by atoms with Crippen LogP contribution < -0.4 is 5.73 Å². The fourth-order valence-corrected chi connectivity index (χ4v) is 2.24. The first kappa shape index (κ1) is 11.0. The largest absolute Gasteiger partial charge is 0.508 e. The van der Waals surface area contributed by atoms with Gasteiger partial charge in [-0.1, -0.05) is 30.4 Å². The van der Waals surface area contributed by atoms with Crippen molar-refractivity contribution in [2.75, 3.05) is 0 Å². The summed E-state index contributed by atoms with van der Waals surface area (Å²) in [5.41, 5.74) is 6.74. The van der Waals surface area contributed by atoms with E-state index in [-0.39, 0.29) is 11.8 Å². The molecular formula is C11H13N3OS. The molecule has 1 aromatic carbocycles. The molecule has 1 unspecified atom stereocenters. The molecule has 0 bridgehead atoms. The summed E-state index contributed by atoms with van der Waals surface area (Å²) in [5, 5.41) is 19.1. The summed E-state index contributed by atoms with van der Waals surface area (Å²) in [6.07, 6.45) is 0.842. The Morgan fingerprint density at radius 3 is 2.94 bits per heavy atom. The molecule has 0 amide bonds. The predicted octanol–water partition coefficient (Wildman–Crippen LogP) is 2.32. The molecule has 0 aliphatic rings. The number of aromatic hydroxyl groups is 1. The minimum Gasteiger partial charge on any atom is -0.508 e. The number of phenolic OH excluding ortho intramolecular Hbond substituents is 1. The lowest BCUT2D eigenvalue weighted by molar-refractivity contribution is 0.475. The van der Waals surface area contributed by atoms with Gasteiger partial charge in [-0.2, -0.15) is 0 Å². The van der Waals surface area contributed by atoms with Crippen LogP contribution in [0.5, 0.6) is 5.75 Å². The SMILES string of the molecule is CCC(N)c1nnc(-c2cccc(O)c2)s1. The Kier molecular flexibility index (Phi) is 3.17. The Morgan fingerprint density at radius 2 is 2.25 bits per heavy atom. The maximum Gasteiger partial charge on any atom is 0.147 e. The van der Waals surface area contributed by atoms with Gasteiger partial charge >= 0.3 is 0 Å². The van der Waals surface area contributed by atoms with Crippen molar-refractivity contribution in [2.45, 2.75) is 19.4 Å². The third-order valence-electron chi connectivity index (χ3n) is 2.29. The molecule has 0 saturated heterocycles. The molecule has 2 rings (SSSR count). The van der Waals surface area contributed by atoms with E-state index in [0.717, 1.165) is 22.0 Å². The number of aromatic nitrogens is 2. The third-order valence-corrected chi connectivity index (χ3v) is 3.39. The average molecular weight is 235 g/mol. The normalized spacial score (nSPS) is 12.6. The Hall–Kier alpha value is -1.46. The Labute approximate surface area is 97.8 Å². The zero-order valence-corrected chi connectivity index (χ0v) is 9.74. The molecule has 1 aromatic heterocycles. The van der Waals surface area contributed by atoms with Gasteiger partial charge in [0.25, 0.3) is 0 Å². The number of phenols is 1. The minimum absolute atomic E-state index is 0.0523. The van der Waals surface area contributed by atoms with Gasteiger partial charge in [-0.25, -0.2) is 0 Å². The molecule has 16 heavy (non-hydrogen) atoms. The van der Waals surface area contributed by atoms with Gasteiger partial charge in [0, 0.05) is 5.56 Å². The van der Waals surface area contributed by atoms with Crippen molar-refractivity contribution < 1.29 is 5.11 Å². The molecule has 5 heteroatoms. The highest BCUT2D eigenvalue weighted by atomic mass is 32.1. The zero-order valence-electron chi connectivity index (χ0n) is 8.92. The van der Waals surface area contributed by atoms with E-state index in [0.29, 0.717) is 0 Å². The monoisotopic (exact) mass is 235 g/mol. The molecule has 1 heterocycles. The van der Waals surface area contributed by atoms with E-state index in [2.05, 4.69) is 10.2 Å². The third kappa shape index (κ3) is 2.20. The second-order valence-electron chi connectivity index (χ2n) is 3.51. The van der Waals surface area contributed by atoms with Crippen molar-refractivity contribution in [3.63, 3.8) is 0 Å². The van der Waals surface area contributed by atoms with Gasteiger partial charge < -0.3 is 10.8 Å². The van der Waals surface area contributed by atoms with Gasteiger partial charge in [0.15, 0.2) is 0 Å². The van der Waals surface area contributed by atoms with Crippen LogP contribution in [0.25, 0.3) is 10.6 Å². The number of hydrogen-bond donors (Lipinski definition) is 2. The first-order valence-corrected chi connectivity index (χ1v) is 5.90. The molecule has 0 aliphatic heterocycles. The van der Waals surface area contributed by atoms with Crippen molar-refractivity contribution in [1.29, 1.82) is 0 Å². The lowest BCUT2D eigenvalue weighted by Gasteiger charge is -2.00. The summed E-state index contributed by atoms with van der Waals surface area (Å²) in [6, 6.07) is 6.92. The molecular weight excluding hydrogens is 222 g/mol. The van der Waals surface area contributed by atoms with Crippen molar-refractivity contribution in [2.24, 2.45) is 5.73 Å². The molecule has 0 aliphatic carbocycles. The molecule has 0 saturated carbocycles. The standard InChI is InChI=1S/C11H13N3OS/c1-2-9(12)11-14-13-10(16-11)7-4-3-5-8(15)6-7/h3-6,9,15H,2,12H2,1H3. The average Bonchev–Trinajstić information content (AvgIpc) is 2.77. The molecule has 0 fully saturated rings. The van der Waals surface area contributed by atoms with E-state index in [1.54, 1.807) is 18.2 Å². The van der Waals surface area contributed by atoms with Gasteiger partial charge in [0.2, 0.25) is 0 Å². The highest BCUT2D eigenvalue weighted by molar-refractivity contribution is 7.14. The number of rotatable bonds is 3. The predicted molar refractivity (Wildman–Crippen MR) is 64.2 cm³/mol. The van der Waals surface area contributed by atoms with Crippen LogP contribution in [0, 0.1) is 0 Å². The van der Waals surface area contributed by atoms with E-state index in [9.17, 15) is 5.11 Å². The molecule has 3 N–H and O–H groups in total. The van der Waals surface area contributed by atoms with E-state index in [1.807, 2.05) is 13.0 Å². The van der Waals surface area contributed by atoms with Crippen LogP contribution in [0.3, 0.4) is 0 Å². The van der Waals surface area contributed by atoms with Gasteiger partial charge in [-0.05, 0) is 18.6 Å². The zero-order chi connectivity index (χ0) is 11.5. The van der Waals surface area contributed by atoms with E-state index in [4.69, 9.17) is 5.73 Å². The minimum atomic E-state index is -0.0523. The number of benzene rings is 1. The fourth-order valence-electron chi connectivity index (χ4n) is 1.31. The highest BCUT2D eigenvalue weighted by Gasteiger charge is 2.11. The highest BCUT2D eigenvalue weighted by Crippen LogP contribution is 2.28. The van der Waals surface area contributed by atoms with Crippen LogP contribution in [0.15, 0.2) is 24.3 Å². The first-order chi connectivity index (χ1) is 7.70. The first-order valence-electron chi connectivity index (χ1n) is 5.09. The maximum absolute atomic E-state index is 9.37. The van der Waals surface area contributed by atoms with E-state index in [1.165, 1.54) is 11.3 Å². The number of nitrogens with two attached hydrogens (primary N) is 1. The summed E-state index contributed by atoms with van der Waals surface area (Å²) >= 11 is 1.47. The summed E-state index contributed by atoms with van der Waals surface area (Å²) in [6.45, 7) is 2.01. The van der Waals surface area contributed by atoms with E-state index < -0.39 is 0 Å². The lowest BCUT2D eigenvalue weighted by atomic mass is 10.2. The smallest absolute Gasteiger partial charge is 0.147 e. The Morgan fingerprint density at radius 1 is 1.44 bits per heavy atom. The Balaban J connectivity index is 2.31. The molecule has 4 nitrogen and oxygen atoms in total. The molecule has 0 radical (unpaired) electrons. The summed E-state index contributed by atoms with van der Waals surface area (Å²) in [7, 11) is 0. The van der Waals surface area contributed by atoms with E-state index >= 15 is 0 Å². The van der Waals surface area contributed by atoms with Crippen LogP contribution in [0.1, 0.15) is 24.4 Å². The van der Waals surface area contributed by atoms with Crippen molar-refractivity contribution >= 4 is 11.3 Å². The second-order valence-corrected chi connectivity index (χ2v) is 4.52. The number of hydrogen-bond acceptors (Lipinski definition) is 5. The van der Waals surface area contributed by atoms with Gasteiger partial charge in [0.1, 0.15) is 15.8 Å².